The van der Waals surface area contributed by atoms with Crippen LogP contribution >= 0.6 is 0 Å². The molecule has 1 heterocycles. The Morgan fingerprint density at radius 3 is 2.11 bits per heavy atom. The Morgan fingerprint density at radius 1 is 0.889 bits per heavy atom. The van der Waals surface area contributed by atoms with Gasteiger partial charge in [-0.3, -0.25) is 14.5 Å². The number of nitrogens with zero attached hydrogens (tertiary/aromatic N) is 2. The van der Waals surface area contributed by atoms with Gasteiger partial charge in [0, 0.05) is 31.0 Å². The first-order valence-corrected chi connectivity index (χ1v) is 12.2. The van der Waals surface area contributed by atoms with Gasteiger partial charge in [0.2, 0.25) is 0 Å². The minimum absolute atomic E-state index is 0.106. The molecule has 36 heavy (non-hydrogen) atoms. The first kappa shape index (κ1) is 25.2. The highest BCUT2D eigenvalue weighted by Gasteiger charge is 2.47. The molecule has 0 saturated carbocycles. The lowest BCUT2D eigenvalue weighted by Crippen LogP contribution is -2.30. The van der Waals surface area contributed by atoms with Crippen LogP contribution in [-0.2, 0) is 15.0 Å². The van der Waals surface area contributed by atoms with Crippen LogP contribution in [0, 0.1) is 13.8 Å². The number of aliphatic hydroxyl groups excluding tert-OH is 1. The van der Waals surface area contributed by atoms with E-state index in [-0.39, 0.29) is 16.7 Å². The van der Waals surface area contributed by atoms with Gasteiger partial charge in [-0.2, -0.15) is 0 Å². The Balaban J connectivity index is 1.98. The fraction of sp³-hybridized carbons (Fsp3) is 0.290. The zero-order chi connectivity index (χ0) is 26.4. The summed E-state index contributed by atoms with van der Waals surface area (Å²) < 4.78 is 0. The highest BCUT2D eigenvalue weighted by Crippen LogP contribution is 2.44. The molecule has 0 spiro atoms. The van der Waals surface area contributed by atoms with E-state index < -0.39 is 17.7 Å². The van der Waals surface area contributed by atoms with Gasteiger partial charge in [0.1, 0.15) is 5.76 Å². The fourth-order valence-electron chi connectivity index (χ4n) is 4.67. The summed E-state index contributed by atoms with van der Waals surface area (Å²) in [5.74, 6) is -1.47. The summed E-state index contributed by atoms with van der Waals surface area (Å²) in [5.41, 5.74) is 5.70. The quantitative estimate of drug-likeness (QED) is 0.270. The van der Waals surface area contributed by atoms with Gasteiger partial charge in [-0.25, -0.2) is 0 Å². The molecule has 1 fully saturated rings. The van der Waals surface area contributed by atoms with Crippen molar-refractivity contribution in [3.63, 3.8) is 0 Å². The van der Waals surface area contributed by atoms with Gasteiger partial charge in [-0.15, -0.1) is 0 Å². The molecular weight excluding hydrogens is 448 g/mol. The number of para-hydroxylation sites is 1. The number of Topliss-reactive ketones (excluding diaryl/α,β-unsaturated/α-hetero) is 1. The summed E-state index contributed by atoms with van der Waals surface area (Å²) in [5, 5.41) is 11.7. The summed E-state index contributed by atoms with van der Waals surface area (Å²) >= 11 is 0. The number of rotatable bonds is 4. The molecule has 5 heteroatoms. The molecule has 1 saturated heterocycles. The monoisotopic (exact) mass is 482 g/mol. The fourth-order valence-corrected chi connectivity index (χ4v) is 4.67. The topological polar surface area (TPSA) is 60.9 Å². The standard InChI is InChI=1S/C31H34N2O3/c1-19-12-15-22(31(3,4)5)18-24(19)28(34)26-27(21-13-16-23(17-14-21)32(6)7)33(30(36)29(26)35)25-11-9-8-10-20(25)2/h8-18,27,34H,1-7H3/b28-26+. The highest BCUT2D eigenvalue weighted by atomic mass is 16.3. The van der Waals surface area contributed by atoms with E-state index in [1.54, 1.807) is 0 Å². The first-order valence-electron chi connectivity index (χ1n) is 12.2. The molecule has 1 atom stereocenters. The van der Waals surface area contributed by atoms with Crippen LogP contribution in [0.4, 0.5) is 11.4 Å². The maximum absolute atomic E-state index is 13.5. The zero-order valence-electron chi connectivity index (χ0n) is 22.1. The summed E-state index contributed by atoms with van der Waals surface area (Å²) in [7, 11) is 3.92. The predicted molar refractivity (Wildman–Crippen MR) is 147 cm³/mol. The van der Waals surface area contributed by atoms with Gasteiger partial charge in [0.25, 0.3) is 11.7 Å². The molecule has 1 amide bonds. The van der Waals surface area contributed by atoms with Crippen molar-refractivity contribution < 1.29 is 14.7 Å². The first-order chi connectivity index (χ1) is 16.9. The maximum Gasteiger partial charge on any atom is 0.300 e. The van der Waals surface area contributed by atoms with Crippen molar-refractivity contribution in [2.45, 2.75) is 46.1 Å². The number of hydrogen-bond donors (Lipinski definition) is 1. The molecule has 3 aromatic carbocycles. The lowest BCUT2D eigenvalue weighted by molar-refractivity contribution is -0.132. The number of aliphatic hydroxyl groups is 1. The molecule has 1 unspecified atom stereocenters. The van der Waals surface area contributed by atoms with Crippen LogP contribution in [0.15, 0.2) is 72.3 Å². The van der Waals surface area contributed by atoms with E-state index in [1.165, 1.54) is 4.90 Å². The van der Waals surface area contributed by atoms with Crippen molar-refractivity contribution in [3.05, 3.63) is 100 Å². The smallest absolute Gasteiger partial charge is 0.300 e. The number of hydrogen-bond acceptors (Lipinski definition) is 4. The normalized spacial score (nSPS) is 17.5. The van der Waals surface area contributed by atoms with Gasteiger partial charge in [-0.05, 0) is 65.8 Å². The van der Waals surface area contributed by atoms with Crippen LogP contribution in [-0.4, -0.2) is 30.9 Å². The molecule has 4 rings (SSSR count). The van der Waals surface area contributed by atoms with Crippen LogP contribution < -0.4 is 9.80 Å². The summed E-state index contributed by atoms with van der Waals surface area (Å²) in [6, 6.07) is 20.4. The van der Waals surface area contributed by atoms with Gasteiger partial charge < -0.3 is 10.0 Å². The molecule has 0 aliphatic carbocycles. The van der Waals surface area contributed by atoms with E-state index in [9.17, 15) is 14.7 Å². The molecule has 5 nitrogen and oxygen atoms in total. The maximum atomic E-state index is 13.5. The minimum atomic E-state index is -0.750. The molecule has 0 aromatic heterocycles. The third-order valence-corrected chi connectivity index (χ3v) is 6.90. The van der Waals surface area contributed by atoms with E-state index in [2.05, 4.69) is 20.8 Å². The van der Waals surface area contributed by atoms with Crippen molar-refractivity contribution in [1.29, 1.82) is 0 Å². The van der Waals surface area contributed by atoms with Gasteiger partial charge in [0.15, 0.2) is 0 Å². The lowest BCUT2D eigenvalue weighted by atomic mass is 9.84. The molecule has 1 aliphatic rings. The third kappa shape index (κ3) is 4.41. The number of benzene rings is 3. The molecule has 0 bridgehead atoms. The van der Waals surface area contributed by atoms with Crippen LogP contribution in [0.3, 0.4) is 0 Å². The molecule has 0 radical (unpaired) electrons. The molecule has 1 aliphatic heterocycles. The number of anilines is 2. The van der Waals surface area contributed by atoms with Gasteiger partial charge in [-0.1, -0.05) is 63.2 Å². The molecule has 3 aromatic rings. The van der Waals surface area contributed by atoms with Crippen molar-refractivity contribution in [2.75, 3.05) is 23.9 Å². The number of aryl methyl sites for hydroxylation is 2. The van der Waals surface area contributed by atoms with E-state index >= 15 is 0 Å². The Bertz CT molecular complexity index is 1360. The Morgan fingerprint density at radius 2 is 1.53 bits per heavy atom. The van der Waals surface area contributed by atoms with E-state index in [0.717, 1.165) is 27.9 Å². The van der Waals surface area contributed by atoms with Crippen LogP contribution in [0.1, 0.15) is 54.6 Å². The van der Waals surface area contributed by atoms with E-state index in [4.69, 9.17) is 0 Å². The second kappa shape index (κ2) is 9.30. The number of ketones is 1. The highest BCUT2D eigenvalue weighted by molar-refractivity contribution is 6.51. The van der Waals surface area contributed by atoms with Gasteiger partial charge >= 0.3 is 0 Å². The Hall–Kier alpha value is -3.86. The van der Waals surface area contributed by atoms with Crippen molar-refractivity contribution in [1.82, 2.24) is 0 Å². The van der Waals surface area contributed by atoms with Crippen LogP contribution in [0.25, 0.3) is 5.76 Å². The zero-order valence-corrected chi connectivity index (χ0v) is 22.1. The van der Waals surface area contributed by atoms with Crippen molar-refractivity contribution in [2.24, 2.45) is 0 Å². The second-order valence-electron chi connectivity index (χ2n) is 10.7. The summed E-state index contributed by atoms with van der Waals surface area (Å²) in [6.07, 6.45) is 0. The average Bonchev–Trinajstić information content (AvgIpc) is 3.09. The van der Waals surface area contributed by atoms with E-state index in [1.807, 2.05) is 99.6 Å². The summed E-state index contributed by atoms with van der Waals surface area (Å²) in [4.78, 5) is 30.6. The lowest BCUT2D eigenvalue weighted by Gasteiger charge is -2.27. The second-order valence-corrected chi connectivity index (χ2v) is 10.7. The average molecular weight is 483 g/mol. The number of carbonyl (C=O) groups is 2. The Kier molecular flexibility index (Phi) is 6.52. The number of carbonyl (C=O) groups excluding carboxylic acids is 2. The summed E-state index contributed by atoms with van der Waals surface area (Å²) in [6.45, 7) is 10.1. The molecular formula is C31H34N2O3. The molecule has 1 N–H and O–H groups in total. The minimum Gasteiger partial charge on any atom is -0.507 e. The molecule has 186 valence electrons. The number of amides is 1. The third-order valence-electron chi connectivity index (χ3n) is 6.90. The van der Waals surface area contributed by atoms with Crippen molar-refractivity contribution in [3.8, 4) is 0 Å². The predicted octanol–water partition coefficient (Wildman–Crippen LogP) is 6.29. The van der Waals surface area contributed by atoms with E-state index in [0.29, 0.717) is 11.3 Å². The van der Waals surface area contributed by atoms with Crippen LogP contribution in [0.5, 0.6) is 0 Å². The van der Waals surface area contributed by atoms with Gasteiger partial charge in [0.05, 0.1) is 11.6 Å². The van der Waals surface area contributed by atoms with Crippen molar-refractivity contribution >= 4 is 28.8 Å². The Labute approximate surface area is 213 Å². The SMILES string of the molecule is Cc1ccc(C(C)(C)C)cc1/C(O)=C1\C(=O)C(=O)N(c2ccccc2C)C1c1ccc(N(C)C)cc1. The largest absolute Gasteiger partial charge is 0.507 e. The van der Waals surface area contributed by atoms with Crippen LogP contribution in [0.2, 0.25) is 0 Å².